The Morgan fingerprint density at radius 1 is 0.860 bits per heavy atom. The zero-order chi connectivity index (χ0) is 31.0. The minimum Gasteiger partial charge on any atom is -0.458 e. The molecule has 3 aromatic rings. The molecule has 2 aliphatic heterocycles. The van der Waals surface area contributed by atoms with Crippen LogP contribution >= 0.6 is 0 Å². The van der Waals surface area contributed by atoms with Gasteiger partial charge in [-0.25, -0.2) is 9.59 Å². The SMILES string of the molecule is CC(C)(C)OC(=O)[C@]12CC[C@H]([C@@H](O[Si](c3ccccc3)(c3ccccc3)C(C)(C)C)[C@H]1O)N2C(=O)OCc1ccccc1. The van der Waals surface area contributed by atoms with Crippen LogP contribution in [0.2, 0.25) is 5.04 Å². The van der Waals surface area contributed by atoms with Crippen LogP contribution in [0.15, 0.2) is 91.0 Å². The Hall–Kier alpha value is -3.46. The topological polar surface area (TPSA) is 85.3 Å². The highest BCUT2D eigenvalue weighted by atomic mass is 28.4. The summed E-state index contributed by atoms with van der Waals surface area (Å²) in [6, 6.07) is 29.1. The molecular formula is C35H43NO6Si. The van der Waals surface area contributed by atoms with Crippen molar-refractivity contribution < 1.29 is 28.6 Å². The smallest absolute Gasteiger partial charge is 0.411 e. The number of amides is 1. The van der Waals surface area contributed by atoms with Crippen molar-refractivity contribution >= 4 is 30.8 Å². The number of hydrogen-bond donors (Lipinski definition) is 1. The van der Waals surface area contributed by atoms with Gasteiger partial charge in [0.25, 0.3) is 8.32 Å². The normalized spacial score (nSPS) is 23.7. The van der Waals surface area contributed by atoms with Crippen molar-refractivity contribution in [2.45, 2.75) is 95.4 Å². The van der Waals surface area contributed by atoms with E-state index in [1.165, 1.54) is 4.90 Å². The van der Waals surface area contributed by atoms with Crippen molar-refractivity contribution in [3.05, 3.63) is 96.6 Å². The van der Waals surface area contributed by atoms with Crippen molar-refractivity contribution in [2.75, 3.05) is 0 Å². The zero-order valence-corrected chi connectivity index (χ0v) is 26.9. The van der Waals surface area contributed by atoms with Crippen LogP contribution in [0.5, 0.6) is 0 Å². The number of aliphatic hydroxyl groups is 1. The average molecular weight is 602 g/mol. The number of hydrogen-bond acceptors (Lipinski definition) is 6. The van der Waals surface area contributed by atoms with Gasteiger partial charge in [0.1, 0.15) is 18.3 Å². The molecule has 0 radical (unpaired) electrons. The molecule has 2 saturated heterocycles. The highest BCUT2D eigenvalue weighted by molar-refractivity contribution is 6.99. The van der Waals surface area contributed by atoms with E-state index in [1.54, 1.807) is 20.8 Å². The standard InChI is InChI=1S/C35H43NO6Si/c1-33(2,3)41-31(38)35-23-22-28(36(35)32(39)40-24-25-16-10-7-11-17-25)29(30(35)37)42-43(34(4,5)6,26-18-12-8-13-19-26)27-20-14-9-15-21-27/h7-21,28-30,37H,22-24H2,1-6H3/t28-,29-,30-,35+/m1/s1. The molecule has 8 heteroatoms. The number of nitrogens with zero attached hydrogens (tertiary/aromatic N) is 1. The van der Waals surface area contributed by atoms with Gasteiger partial charge in [-0.15, -0.1) is 0 Å². The van der Waals surface area contributed by atoms with E-state index < -0.39 is 49.8 Å². The summed E-state index contributed by atoms with van der Waals surface area (Å²) in [6.07, 6.45) is -2.08. The molecule has 1 amide bonds. The van der Waals surface area contributed by atoms with Crippen molar-refractivity contribution in [1.29, 1.82) is 0 Å². The number of ether oxygens (including phenoxy) is 2. The van der Waals surface area contributed by atoms with Crippen LogP contribution in [0.1, 0.15) is 59.9 Å². The summed E-state index contributed by atoms with van der Waals surface area (Å²) >= 11 is 0. The Bertz CT molecular complexity index is 1380. The third kappa shape index (κ3) is 5.52. The van der Waals surface area contributed by atoms with Crippen LogP contribution < -0.4 is 10.4 Å². The molecule has 7 nitrogen and oxygen atoms in total. The largest absolute Gasteiger partial charge is 0.458 e. The Kier molecular flexibility index (Phi) is 8.33. The van der Waals surface area contributed by atoms with Crippen molar-refractivity contribution in [1.82, 2.24) is 4.90 Å². The second kappa shape index (κ2) is 11.6. The van der Waals surface area contributed by atoms with E-state index >= 15 is 0 Å². The van der Waals surface area contributed by atoms with Gasteiger partial charge < -0.3 is 19.0 Å². The van der Waals surface area contributed by atoms with Crippen LogP contribution in [0.25, 0.3) is 0 Å². The highest BCUT2D eigenvalue weighted by Crippen LogP contribution is 2.51. The van der Waals surface area contributed by atoms with Gasteiger partial charge in [0.2, 0.25) is 0 Å². The third-order valence-electron chi connectivity index (χ3n) is 8.65. The molecule has 3 aromatic carbocycles. The van der Waals surface area contributed by atoms with Crippen LogP contribution in [0, 0.1) is 0 Å². The van der Waals surface area contributed by atoms with Gasteiger partial charge in [-0.05, 0) is 54.6 Å². The minimum atomic E-state index is -3.13. The van der Waals surface area contributed by atoms with Crippen molar-refractivity contribution in [3.8, 4) is 0 Å². The van der Waals surface area contributed by atoms with Crippen LogP contribution in [0.4, 0.5) is 4.79 Å². The summed E-state index contributed by atoms with van der Waals surface area (Å²) in [5.41, 5.74) is -1.61. The van der Waals surface area contributed by atoms with Crippen molar-refractivity contribution in [3.63, 3.8) is 0 Å². The number of fused-ring (bicyclic) bond motifs is 2. The number of benzene rings is 3. The van der Waals surface area contributed by atoms with Gasteiger partial charge in [-0.3, -0.25) is 4.90 Å². The molecule has 2 fully saturated rings. The number of carbonyl (C=O) groups excluding carboxylic acids is 2. The van der Waals surface area contributed by atoms with Crippen LogP contribution in [-0.4, -0.2) is 59.8 Å². The van der Waals surface area contributed by atoms with Gasteiger partial charge in [0.15, 0.2) is 5.54 Å². The molecular weight excluding hydrogens is 558 g/mol. The fraction of sp³-hybridized carbons (Fsp3) is 0.429. The molecule has 2 aliphatic rings. The van der Waals surface area contributed by atoms with E-state index in [-0.39, 0.29) is 18.1 Å². The monoisotopic (exact) mass is 601 g/mol. The fourth-order valence-electron chi connectivity index (χ4n) is 6.81. The van der Waals surface area contributed by atoms with Crippen molar-refractivity contribution in [2.24, 2.45) is 0 Å². The summed E-state index contributed by atoms with van der Waals surface area (Å²) in [4.78, 5) is 29.3. The molecule has 4 atom stereocenters. The fourth-order valence-corrected chi connectivity index (χ4v) is 11.5. The molecule has 0 spiro atoms. The van der Waals surface area contributed by atoms with E-state index in [2.05, 4.69) is 45.0 Å². The van der Waals surface area contributed by atoms with Crippen LogP contribution in [-0.2, 0) is 25.3 Å². The van der Waals surface area contributed by atoms with Gasteiger partial charge in [-0.2, -0.15) is 0 Å². The molecule has 2 heterocycles. The Balaban J connectivity index is 1.59. The molecule has 0 unspecified atom stereocenters. The van der Waals surface area contributed by atoms with E-state index in [4.69, 9.17) is 13.9 Å². The van der Waals surface area contributed by atoms with E-state index in [0.29, 0.717) is 6.42 Å². The Morgan fingerprint density at radius 3 is 1.86 bits per heavy atom. The summed E-state index contributed by atoms with van der Waals surface area (Å²) in [5.74, 6) is -0.639. The highest BCUT2D eigenvalue weighted by Gasteiger charge is 2.72. The lowest BCUT2D eigenvalue weighted by Crippen LogP contribution is -2.69. The summed E-state index contributed by atoms with van der Waals surface area (Å²) in [6.45, 7) is 11.9. The predicted molar refractivity (Wildman–Crippen MR) is 169 cm³/mol. The summed E-state index contributed by atoms with van der Waals surface area (Å²) < 4.78 is 19.0. The zero-order valence-electron chi connectivity index (χ0n) is 25.9. The molecule has 2 bridgehead atoms. The molecule has 1 N–H and O–H groups in total. The van der Waals surface area contributed by atoms with Crippen LogP contribution in [0.3, 0.4) is 0 Å². The first-order valence-corrected chi connectivity index (χ1v) is 16.9. The van der Waals surface area contributed by atoms with Gasteiger partial charge in [0, 0.05) is 0 Å². The minimum absolute atomic E-state index is 0.0453. The average Bonchev–Trinajstić information content (AvgIpc) is 3.47. The summed E-state index contributed by atoms with van der Waals surface area (Å²) in [5, 5.41) is 13.9. The van der Waals surface area contributed by atoms with Gasteiger partial charge in [0.05, 0.1) is 12.1 Å². The Morgan fingerprint density at radius 2 is 1.37 bits per heavy atom. The second-order valence-corrected chi connectivity index (χ2v) is 17.9. The first-order chi connectivity index (χ1) is 20.3. The lowest BCUT2D eigenvalue weighted by Gasteiger charge is -2.46. The first kappa shape index (κ1) is 31.0. The Labute approximate surface area is 255 Å². The second-order valence-electron chi connectivity index (χ2n) is 13.6. The first-order valence-electron chi connectivity index (χ1n) is 15.0. The maximum atomic E-state index is 14.0. The summed E-state index contributed by atoms with van der Waals surface area (Å²) in [7, 11) is -3.13. The quantitative estimate of drug-likeness (QED) is 0.297. The maximum Gasteiger partial charge on any atom is 0.411 e. The lowest BCUT2D eigenvalue weighted by molar-refractivity contribution is -0.173. The number of esters is 1. The number of rotatable bonds is 7. The van der Waals surface area contributed by atoms with Gasteiger partial charge >= 0.3 is 12.1 Å². The van der Waals surface area contributed by atoms with Gasteiger partial charge in [-0.1, -0.05) is 112 Å². The number of carbonyl (C=O) groups is 2. The van der Waals surface area contributed by atoms with E-state index in [1.807, 2.05) is 66.7 Å². The number of aliphatic hydroxyl groups excluding tert-OH is 1. The predicted octanol–water partition coefficient (Wildman–Crippen LogP) is 5.19. The molecule has 0 saturated carbocycles. The lowest BCUT2D eigenvalue weighted by atomic mass is 9.83. The third-order valence-corrected chi connectivity index (χ3v) is 13.7. The van der Waals surface area contributed by atoms with E-state index in [9.17, 15) is 14.7 Å². The molecule has 43 heavy (non-hydrogen) atoms. The molecule has 5 rings (SSSR count). The molecule has 0 aromatic heterocycles. The molecule has 0 aliphatic carbocycles. The maximum absolute atomic E-state index is 14.0. The van der Waals surface area contributed by atoms with E-state index in [0.717, 1.165) is 15.9 Å². The molecule has 228 valence electrons.